The van der Waals surface area contributed by atoms with Crippen molar-refractivity contribution in [1.29, 1.82) is 0 Å². The van der Waals surface area contributed by atoms with Crippen LogP contribution in [0.1, 0.15) is 15.9 Å². The molecule has 0 heterocycles. The molecule has 0 aliphatic carbocycles. The van der Waals surface area contributed by atoms with E-state index in [1.54, 1.807) is 23.9 Å². The maximum Gasteiger partial charge on any atom is 0.326 e. The number of anilines is 2. The smallest absolute Gasteiger partial charge is 0.326 e. The molecule has 5 aromatic carbocycles. The fourth-order valence-electron chi connectivity index (χ4n) is 4.54. The summed E-state index contributed by atoms with van der Waals surface area (Å²) in [5.74, 6) is -0.230. The largest absolute Gasteiger partial charge is 0.480 e. The summed E-state index contributed by atoms with van der Waals surface area (Å²) < 4.78 is 6.10. The minimum absolute atomic E-state index is 0.100. The van der Waals surface area contributed by atoms with E-state index in [2.05, 4.69) is 10.6 Å². The van der Waals surface area contributed by atoms with Crippen molar-refractivity contribution in [2.75, 3.05) is 11.6 Å². The van der Waals surface area contributed by atoms with Gasteiger partial charge in [-0.3, -0.25) is 4.79 Å². The normalized spacial score (nSPS) is 11.4. The molecule has 0 aromatic heterocycles. The zero-order valence-electron chi connectivity index (χ0n) is 23.3. The van der Waals surface area contributed by atoms with Crippen molar-refractivity contribution in [3.8, 4) is 22.6 Å². The number of carboxylic acids is 1. The average molecular weight is 609 g/mol. The van der Waals surface area contributed by atoms with Crippen LogP contribution in [0.15, 0.2) is 126 Å². The number of hydrogen-bond acceptors (Lipinski definition) is 5. The van der Waals surface area contributed by atoms with Crippen molar-refractivity contribution in [3.05, 3.63) is 137 Å². The van der Waals surface area contributed by atoms with E-state index in [1.165, 1.54) is 6.07 Å². The van der Waals surface area contributed by atoms with Crippen molar-refractivity contribution >= 4 is 46.6 Å². The topological polar surface area (TPSA) is 87.7 Å². The van der Waals surface area contributed by atoms with E-state index in [-0.39, 0.29) is 12.0 Å². The van der Waals surface area contributed by atoms with Gasteiger partial charge >= 0.3 is 5.97 Å². The van der Waals surface area contributed by atoms with Gasteiger partial charge in [0.1, 0.15) is 17.5 Å². The molecule has 3 N–H and O–H groups in total. The predicted octanol–water partition coefficient (Wildman–Crippen LogP) is 8.69. The first kappa shape index (κ1) is 29.8. The number of thioether (sulfide) groups is 1. The molecule has 0 radical (unpaired) electrons. The fraction of sp³-hybridized carbons (Fsp3) is 0.0857. The van der Waals surface area contributed by atoms with E-state index in [9.17, 15) is 14.7 Å². The second kappa shape index (κ2) is 14.0. The molecule has 0 fully saturated rings. The summed E-state index contributed by atoms with van der Waals surface area (Å²) in [4.78, 5) is 26.7. The van der Waals surface area contributed by atoms with Gasteiger partial charge in [0.25, 0.3) is 5.91 Å². The number of para-hydroxylation sites is 2. The molecule has 5 rings (SSSR count). The second-order valence-corrected chi connectivity index (χ2v) is 11.0. The fourth-order valence-corrected chi connectivity index (χ4v) is 5.13. The molecule has 5 aromatic rings. The molecule has 0 saturated carbocycles. The van der Waals surface area contributed by atoms with Crippen molar-refractivity contribution < 1.29 is 19.4 Å². The van der Waals surface area contributed by atoms with Crippen LogP contribution < -0.4 is 15.4 Å². The molecular weight excluding hydrogens is 580 g/mol. The Morgan fingerprint density at radius 2 is 1.56 bits per heavy atom. The van der Waals surface area contributed by atoms with Gasteiger partial charge in [-0.05, 0) is 78.0 Å². The van der Waals surface area contributed by atoms with Crippen molar-refractivity contribution in [2.45, 2.75) is 17.4 Å². The molecule has 8 heteroatoms. The molecule has 0 bridgehead atoms. The number of benzene rings is 5. The number of halogens is 1. The Kier molecular flexibility index (Phi) is 9.66. The van der Waals surface area contributed by atoms with E-state index >= 15 is 0 Å². The SMILES string of the molecule is CSc1ccc(Nc2ccc(Cl)cc2C(=O)N[C@@H](Cc2ccc(-c3ccccc3Oc3ccccc3)cc2)C(=O)O)cc1. The Morgan fingerprint density at radius 3 is 2.26 bits per heavy atom. The number of aliphatic carboxylic acids is 1. The maximum atomic E-state index is 13.3. The minimum atomic E-state index is -1.15. The third-order valence-corrected chi connectivity index (χ3v) is 7.74. The number of ether oxygens (including phenoxy) is 1. The molecule has 0 spiro atoms. The lowest BCUT2D eigenvalue weighted by Gasteiger charge is -2.18. The van der Waals surface area contributed by atoms with Gasteiger partial charge in [-0.2, -0.15) is 0 Å². The summed E-state index contributed by atoms with van der Waals surface area (Å²) in [6, 6.07) is 36.4. The van der Waals surface area contributed by atoms with Crippen LogP contribution in [0.4, 0.5) is 11.4 Å². The van der Waals surface area contributed by atoms with E-state index in [1.807, 2.05) is 109 Å². The zero-order valence-corrected chi connectivity index (χ0v) is 24.9. The van der Waals surface area contributed by atoms with E-state index < -0.39 is 17.9 Å². The Labute approximate surface area is 259 Å². The van der Waals surface area contributed by atoms with Gasteiger partial charge in [-0.25, -0.2) is 4.79 Å². The second-order valence-electron chi connectivity index (χ2n) is 9.72. The van der Waals surface area contributed by atoms with Crippen molar-refractivity contribution in [2.24, 2.45) is 0 Å². The Bertz CT molecular complexity index is 1710. The van der Waals surface area contributed by atoms with E-state index in [4.69, 9.17) is 16.3 Å². The van der Waals surface area contributed by atoms with Crippen LogP contribution in [0.2, 0.25) is 5.02 Å². The van der Waals surface area contributed by atoms with Crippen LogP contribution in [0, 0.1) is 0 Å². The lowest BCUT2D eigenvalue weighted by atomic mass is 9.99. The summed E-state index contributed by atoms with van der Waals surface area (Å²) in [7, 11) is 0. The summed E-state index contributed by atoms with van der Waals surface area (Å²) >= 11 is 7.85. The summed E-state index contributed by atoms with van der Waals surface area (Å²) in [6.45, 7) is 0. The van der Waals surface area contributed by atoms with Crippen LogP contribution in [-0.2, 0) is 11.2 Å². The van der Waals surface area contributed by atoms with E-state index in [0.29, 0.717) is 16.5 Å². The maximum absolute atomic E-state index is 13.3. The van der Waals surface area contributed by atoms with Gasteiger partial charge in [-0.1, -0.05) is 72.3 Å². The van der Waals surface area contributed by atoms with Crippen molar-refractivity contribution in [1.82, 2.24) is 5.32 Å². The molecule has 1 atom stereocenters. The van der Waals surface area contributed by atoms with Gasteiger partial charge in [0.05, 0.1) is 11.3 Å². The zero-order chi connectivity index (χ0) is 30.2. The van der Waals surface area contributed by atoms with E-state index in [0.717, 1.165) is 33.0 Å². The number of carbonyl (C=O) groups is 2. The number of carboxylic acid groups (broad SMARTS) is 1. The Hall–Kier alpha value is -4.72. The first-order valence-corrected chi connectivity index (χ1v) is 15.2. The van der Waals surface area contributed by atoms with Gasteiger partial charge in [0, 0.05) is 27.6 Å². The minimum Gasteiger partial charge on any atom is -0.480 e. The Morgan fingerprint density at radius 1 is 0.860 bits per heavy atom. The van der Waals surface area contributed by atoms with Gasteiger partial charge < -0.3 is 20.5 Å². The van der Waals surface area contributed by atoms with Crippen LogP contribution in [0.25, 0.3) is 11.1 Å². The number of carbonyl (C=O) groups excluding carboxylic acids is 1. The highest BCUT2D eigenvalue weighted by atomic mass is 35.5. The molecule has 216 valence electrons. The molecule has 6 nitrogen and oxygen atoms in total. The van der Waals surface area contributed by atoms with Gasteiger partial charge in [-0.15, -0.1) is 11.8 Å². The molecule has 0 aliphatic heterocycles. The van der Waals surface area contributed by atoms with Crippen LogP contribution >= 0.6 is 23.4 Å². The highest BCUT2D eigenvalue weighted by Crippen LogP contribution is 2.33. The number of rotatable bonds is 11. The van der Waals surface area contributed by atoms with Crippen molar-refractivity contribution in [3.63, 3.8) is 0 Å². The molecule has 43 heavy (non-hydrogen) atoms. The predicted molar refractivity (Wildman–Crippen MR) is 174 cm³/mol. The third kappa shape index (κ3) is 7.77. The lowest BCUT2D eigenvalue weighted by molar-refractivity contribution is -0.139. The van der Waals surface area contributed by atoms with Gasteiger partial charge in [0.2, 0.25) is 0 Å². The number of hydrogen-bond donors (Lipinski definition) is 3. The number of amides is 1. The monoisotopic (exact) mass is 608 g/mol. The molecule has 1 amide bonds. The molecule has 0 aliphatic rings. The number of nitrogens with one attached hydrogen (secondary N) is 2. The first-order valence-electron chi connectivity index (χ1n) is 13.5. The lowest BCUT2D eigenvalue weighted by Crippen LogP contribution is -2.42. The highest BCUT2D eigenvalue weighted by molar-refractivity contribution is 7.98. The molecular formula is C35H29ClN2O4S. The summed E-state index contributed by atoms with van der Waals surface area (Å²) in [5.41, 5.74) is 4.15. The average Bonchev–Trinajstić information content (AvgIpc) is 3.03. The quantitative estimate of drug-likeness (QED) is 0.130. The summed E-state index contributed by atoms with van der Waals surface area (Å²) in [6.07, 6.45) is 2.10. The third-order valence-electron chi connectivity index (χ3n) is 6.76. The highest BCUT2D eigenvalue weighted by Gasteiger charge is 2.23. The molecule has 0 unspecified atom stereocenters. The Balaban J connectivity index is 1.30. The van der Waals surface area contributed by atoms with Crippen LogP contribution in [0.5, 0.6) is 11.5 Å². The standard InChI is InChI=1S/C35H29ClN2O4S/c1-43-28-18-16-26(17-19-28)37-31-20-15-25(36)22-30(31)34(39)38-32(35(40)41)21-23-11-13-24(14-12-23)29-9-5-6-10-33(29)42-27-7-3-2-4-8-27/h2-20,22,32,37H,21H2,1H3,(H,38,39)(H,40,41)/t32-/m0/s1. The summed E-state index contributed by atoms with van der Waals surface area (Å²) in [5, 5.41) is 16.3. The van der Waals surface area contributed by atoms with Gasteiger partial charge in [0.15, 0.2) is 0 Å². The molecule has 0 saturated heterocycles. The van der Waals surface area contributed by atoms with Crippen LogP contribution in [0.3, 0.4) is 0 Å². The first-order chi connectivity index (χ1) is 20.9. The van der Waals surface area contributed by atoms with Crippen LogP contribution in [-0.4, -0.2) is 29.3 Å².